The monoisotopic (exact) mass is 866 g/mol. The Kier molecular flexibility index (Phi) is 33.9. The van der Waals surface area contributed by atoms with Crippen molar-refractivity contribution < 1.29 is 52.2 Å². The van der Waals surface area contributed by atoms with Crippen LogP contribution in [0.2, 0.25) is 0 Å². The predicted molar refractivity (Wildman–Crippen MR) is 228 cm³/mol. The Morgan fingerprint density at radius 2 is 0.864 bits per heavy atom. The van der Waals surface area contributed by atoms with Crippen molar-refractivity contribution in [3.8, 4) is 12.5 Å². The van der Waals surface area contributed by atoms with E-state index in [0.29, 0.717) is 176 Å². The summed E-state index contributed by atoms with van der Waals surface area (Å²) in [6.45, 7) is 16.1. The first-order valence-electron chi connectivity index (χ1n) is 20.8. The normalized spacial score (nSPS) is 20.9. The number of hydrogen-bond donors (Lipinski definition) is 9. The van der Waals surface area contributed by atoms with Crippen LogP contribution in [0.3, 0.4) is 0 Å². The summed E-state index contributed by atoms with van der Waals surface area (Å²) in [6, 6.07) is 0. The quantitative estimate of drug-likeness (QED) is 0.0142. The molecule has 20 nitrogen and oxygen atoms in total. The van der Waals surface area contributed by atoms with Crippen molar-refractivity contribution in [2.45, 2.75) is 17.5 Å². The van der Waals surface area contributed by atoms with Crippen LogP contribution in [0.25, 0.3) is 0 Å². The van der Waals surface area contributed by atoms with Gasteiger partial charge in [0.25, 0.3) is 0 Å². The fourth-order valence-electron chi connectivity index (χ4n) is 5.86. The molecule has 3 aliphatic heterocycles. The summed E-state index contributed by atoms with van der Waals surface area (Å²) >= 11 is 5.70. The van der Waals surface area contributed by atoms with Crippen molar-refractivity contribution in [3.05, 3.63) is 0 Å². The molecule has 0 aromatic heterocycles. The lowest BCUT2D eigenvalue weighted by atomic mass is 9.97. The summed E-state index contributed by atoms with van der Waals surface area (Å²) in [5, 5.41) is 32.1. The van der Waals surface area contributed by atoms with E-state index in [1.807, 2.05) is 0 Å². The molecule has 3 rings (SSSR count). The van der Waals surface area contributed by atoms with Crippen LogP contribution in [0.1, 0.15) is 6.42 Å². The number of rotatable bonds is 31. The maximum Gasteiger partial charge on any atom is 0.222 e. The van der Waals surface area contributed by atoms with Crippen molar-refractivity contribution >= 4 is 23.2 Å². The van der Waals surface area contributed by atoms with Gasteiger partial charge in [-0.25, -0.2) is 0 Å². The van der Waals surface area contributed by atoms with Crippen molar-refractivity contribution in [3.63, 3.8) is 0 Å². The summed E-state index contributed by atoms with van der Waals surface area (Å²) in [5.74, 6) is -0.0609. The van der Waals surface area contributed by atoms with Crippen LogP contribution in [-0.4, -0.2) is 227 Å². The molecule has 0 spiro atoms. The lowest BCUT2D eigenvalue weighted by Crippen LogP contribution is -2.68. The molecule has 3 fully saturated rings. The summed E-state index contributed by atoms with van der Waals surface area (Å²) in [5.41, 5.74) is -0.953. The number of fused-ring (bicyclic) bond motifs is 15. The number of hydrogen-bond acceptors (Lipinski definition) is 18. The Bertz CT molecular complexity index is 1030. The maximum atomic E-state index is 13.2. The van der Waals surface area contributed by atoms with Crippen molar-refractivity contribution in [1.29, 1.82) is 0 Å². The number of carbonyl (C=O) groups excluding carboxylic acids is 1. The van der Waals surface area contributed by atoms with Gasteiger partial charge in [0.1, 0.15) is 19.4 Å². The number of ether oxygens (including phenoxy) is 10. The first-order valence-corrected chi connectivity index (χ1v) is 21.2. The highest BCUT2D eigenvalue weighted by molar-refractivity contribution is 7.80. The molecule has 0 aliphatic carbocycles. The van der Waals surface area contributed by atoms with E-state index in [1.165, 1.54) is 0 Å². The van der Waals surface area contributed by atoms with Crippen LogP contribution >= 0.6 is 12.2 Å². The molecule has 2 bridgehead atoms. The Balaban J connectivity index is 1.68. The maximum absolute atomic E-state index is 13.2. The number of methoxy groups -OCH3 is 1. The third kappa shape index (κ3) is 29.8. The SMILES string of the molecule is C#COCCOCCOCCOCNC(=S)NC12CNCCNCC(NC(=O)CCOCCOCCOCCOCCOCCOC)(CNCCNC1)CNCCNC2. The molecule has 9 N–H and O–H groups in total. The van der Waals surface area contributed by atoms with Crippen molar-refractivity contribution in [2.24, 2.45) is 0 Å². The van der Waals surface area contributed by atoms with Gasteiger partial charge >= 0.3 is 0 Å². The fraction of sp³-hybridized carbons (Fsp3) is 0.895. The van der Waals surface area contributed by atoms with Crippen LogP contribution in [0.5, 0.6) is 0 Å². The van der Waals surface area contributed by atoms with E-state index in [0.717, 1.165) is 19.6 Å². The molecule has 3 aliphatic rings. The summed E-state index contributed by atoms with van der Waals surface area (Å²) < 4.78 is 53.8. The van der Waals surface area contributed by atoms with Gasteiger partial charge in [0.15, 0.2) is 5.11 Å². The average molecular weight is 866 g/mol. The van der Waals surface area contributed by atoms with E-state index in [2.05, 4.69) is 54.0 Å². The van der Waals surface area contributed by atoms with E-state index in [1.54, 1.807) is 7.11 Å². The summed E-state index contributed by atoms with van der Waals surface area (Å²) in [6.07, 6.45) is 7.38. The van der Waals surface area contributed by atoms with Crippen molar-refractivity contribution in [1.82, 2.24) is 47.9 Å². The van der Waals surface area contributed by atoms with Gasteiger partial charge in [0.2, 0.25) is 5.91 Å². The van der Waals surface area contributed by atoms with E-state index in [4.69, 9.17) is 66.0 Å². The lowest BCUT2D eigenvalue weighted by molar-refractivity contribution is -0.124. The minimum atomic E-state index is -0.540. The van der Waals surface area contributed by atoms with Gasteiger partial charge in [-0.05, 0) is 12.2 Å². The highest BCUT2D eigenvalue weighted by atomic mass is 32.1. The smallest absolute Gasteiger partial charge is 0.222 e. The highest BCUT2D eigenvalue weighted by Crippen LogP contribution is 2.06. The van der Waals surface area contributed by atoms with E-state index < -0.39 is 11.1 Å². The van der Waals surface area contributed by atoms with Gasteiger partial charge < -0.3 is 95.2 Å². The molecule has 0 aromatic rings. The third-order valence-electron chi connectivity index (χ3n) is 8.88. The fourth-order valence-corrected chi connectivity index (χ4v) is 6.13. The molecule has 0 aromatic carbocycles. The molecule has 1 amide bonds. The molecule has 0 saturated carbocycles. The molecule has 59 heavy (non-hydrogen) atoms. The topological polar surface area (TPSA) is 218 Å². The molecule has 3 saturated heterocycles. The van der Waals surface area contributed by atoms with Gasteiger partial charge in [-0.15, -0.1) is 0 Å². The minimum absolute atomic E-state index is 0.0609. The molecule has 344 valence electrons. The first kappa shape index (κ1) is 53.1. The van der Waals surface area contributed by atoms with Gasteiger partial charge in [-0.3, -0.25) is 4.79 Å². The van der Waals surface area contributed by atoms with Crippen LogP contribution in [-0.2, 0) is 52.2 Å². The van der Waals surface area contributed by atoms with Crippen LogP contribution in [0, 0.1) is 12.5 Å². The summed E-state index contributed by atoms with van der Waals surface area (Å²) in [7, 11) is 1.64. The zero-order valence-electron chi connectivity index (χ0n) is 35.4. The molecule has 0 unspecified atom stereocenters. The Hall–Kier alpha value is -2.08. The van der Waals surface area contributed by atoms with Crippen LogP contribution in [0.15, 0.2) is 0 Å². The molecule has 0 radical (unpaired) electrons. The number of thiocarbonyl (C=S) groups is 1. The average Bonchev–Trinajstić information content (AvgIpc) is 3.23. The standard InChI is InChI=1S/C38H75N9O11S/c1-3-50-14-15-53-20-25-57-26-27-58-34-45-36(59)47-38-31-42-8-5-39-28-37(29-40-6-9-43-32-38,30-41-7-10-44-33-38)46-35(48)4-11-51-16-17-54-21-22-56-24-23-55-19-18-52-13-12-49-2/h1,39-44H,4-34H2,2H3,(H,46,48)(H2,45,47,59). The number of amides is 1. The molecular weight excluding hydrogens is 791 g/mol. The van der Waals surface area contributed by atoms with Gasteiger partial charge in [-0.1, -0.05) is 6.42 Å². The zero-order chi connectivity index (χ0) is 42.2. The molecule has 3 heterocycles. The first-order chi connectivity index (χ1) is 29.0. The Morgan fingerprint density at radius 1 is 0.525 bits per heavy atom. The second-order valence-corrected chi connectivity index (χ2v) is 14.3. The minimum Gasteiger partial charge on any atom is -0.444 e. The van der Waals surface area contributed by atoms with E-state index >= 15 is 0 Å². The lowest BCUT2D eigenvalue weighted by Gasteiger charge is -2.39. The van der Waals surface area contributed by atoms with Crippen molar-refractivity contribution in [2.75, 3.05) is 205 Å². The number of terminal acetylenes is 1. The summed E-state index contributed by atoms with van der Waals surface area (Å²) in [4.78, 5) is 13.2. The molecule has 21 heteroatoms. The van der Waals surface area contributed by atoms with E-state index in [9.17, 15) is 4.79 Å². The van der Waals surface area contributed by atoms with Gasteiger partial charge in [-0.2, -0.15) is 0 Å². The number of nitrogens with one attached hydrogen (secondary N) is 9. The Labute approximate surface area is 357 Å². The van der Waals surface area contributed by atoms with Crippen LogP contribution in [0.4, 0.5) is 0 Å². The zero-order valence-corrected chi connectivity index (χ0v) is 36.2. The van der Waals surface area contributed by atoms with Gasteiger partial charge in [0, 0.05) is 92.1 Å². The Morgan fingerprint density at radius 3 is 1.25 bits per heavy atom. The second kappa shape index (κ2) is 37.7. The molecular formula is C38H75N9O11S. The van der Waals surface area contributed by atoms with Crippen LogP contribution < -0.4 is 47.9 Å². The molecule has 0 atom stereocenters. The van der Waals surface area contributed by atoms with Gasteiger partial charge in [0.05, 0.1) is 117 Å². The highest BCUT2D eigenvalue weighted by Gasteiger charge is 2.33. The third-order valence-corrected chi connectivity index (χ3v) is 9.13. The largest absolute Gasteiger partial charge is 0.444 e. The number of carbonyl (C=O) groups is 1. The van der Waals surface area contributed by atoms with E-state index in [-0.39, 0.29) is 19.1 Å². The predicted octanol–water partition coefficient (Wildman–Crippen LogP) is -3.66. The second-order valence-electron chi connectivity index (χ2n) is 13.8.